The summed E-state index contributed by atoms with van der Waals surface area (Å²) >= 11 is 0. The van der Waals surface area contributed by atoms with E-state index in [4.69, 9.17) is 6.42 Å². The zero-order chi connectivity index (χ0) is 48.3. The molecule has 6 amide bonds. The van der Waals surface area contributed by atoms with Crippen molar-refractivity contribution in [3.05, 3.63) is 24.3 Å². The van der Waals surface area contributed by atoms with Gasteiger partial charge >= 0.3 is 0 Å². The van der Waals surface area contributed by atoms with Crippen molar-refractivity contribution in [2.24, 2.45) is 5.41 Å². The molecule has 5 atom stereocenters. The number of fused-ring (bicyclic) bond motifs is 2. The number of terminal acetylenes is 1. The molecule has 3 unspecified atom stereocenters. The van der Waals surface area contributed by atoms with Crippen LogP contribution in [0.15, 0.2) is 18.6 Å². The fourth-order valence-corrected chi connectivity index (χ4v) is 8.05. The molecule has 1 aromatic rings. The molecule has 3 aliphatic heterocycles. The summed E-state index contributed by atoms with van der Waals surface area (Å²) < 4.78 is 0. The Bertz CT molecular complexity index is 1610. The van der Waals surface area contributed by atoms with Crippen LogP contribution in [-0.4, -0.2) is 129 Å². The zero-order valence-electron chi connectivity index (χ0n) is 40.7. The predicted octanol–water partition coefficient (Wildman–Crippen LogP) is 4.84. The Kier molecular flexibility index (Phi) is 27.0. The fourth-order valence-electron chi connectivity index (χ4n) is 8.05. The number of carbonyl (C=O) groups is 7. The summed E-state index contributed by atoms with van der Waals surface area (Å²) in [4.78, 5) is 96.2. The van der Waals surface area contributed by atoms with Gasteiger partial charge in [-0.05, 0) is 51.4 Å². The molecule has 4 heterocycles. The molecule has 2 aliphatic carbocycles. The van der Waals surface area contributed by atoms with Gasteiger partial charge in [-0.3, -0.25) is 48.4 Å². The van der Waals surface area contributed by atoms with E-state index in [0.717, 1.165) is 44.3 Å². The monoisotopic (exact) mass is 896 g/mol. The average Bonchev–Trinajstić information content (AvgIpc) is 3.75. The van der Waals surface area contributed by atoms with Gasteiger partial charge in [0.15, 0.2) is 0 Å². The van der Waals surface area contributed by atoms with E-state index in [1.54, 1.807) is 28.4 Å². The highest BCUT2D eigenvalue weighted by Crippen LogP contribution is 2.45. The van der Waals surface area contributed by atoms with Crippen molar-refractivity contribution in [2.45, 2.75) is 195 Å². The molecule has 0 aromatic carbocycles. The van der Waals surface area contributed by atoms with Gasteiger partial charge in [-0.1, -0.05) is 113 Å². The Labute approximate surface area is 384 Å². The molecule has 0 bridgehead atoms. The second-order valence-corrected chi connectivity index (χ2v) is 17.8. The lowest BCUT2D eigenvalue weighted by molar-refractivity contribution is -0.141. The SMILES string of the molecule is C#CCN1C(=O)[C@@H]2CCCN2C12C[C@@H](C)N(C(=O)C(NC(=O)CNC=O)C(C)(C)C)C2.C1CCCCC1.CC.CCC.CCCC(NC=O)C(=O)C(=O)NC1CC1.Cc1cnccn1. The summed E-state index contributed by atoms with van der Waals surface area (Å²) in [6.07, 6.45) is 27.3. The van der Waals surface area contributed by atoms with Crippen LogP contribution in [0, 0.1) is 24.7 Å². The molecule has 2 saturated carbocycles. The van der Waals surface area contributed by atoms with E-state index < -0.39 is 40.8 Å². The normalized spacial score (nSPS) is 21.5. The second kappa shape index (κ2) is 30.3. The average molecular weight is 896 g/mol. The van der Waals surface area contributed by atoms with Crippen LogP contribution >= 0.6 is 0 Å². The van der Waals surface area contributed by atoms with Gasteiger partial charge in [0, 0.05) is 43.6 Å². The number of aryl methyl sites for hydroxylation is 1. The summed E-state index contributed by atoms with van der Waals surface area (Å²) in [6.45, 7) is 20.9. The first kappa shape index (κ1) is 57.1. The summed E-state index contributed by atoms with van der Waals surface area (Å²) in [5.74, 6) is 0.932. The maximum absolute atomic E-state index is 13.6. The number of hydrogen-bond donors (Lipinski definition) is 4. The molecule has 5 aliphatic rings. The van der Waals surface area contributed by atoms with E-state index in [0.29, 0.717) is 32.2 Å². The highest BCUT2D eigenvalue weighted by molar-refractivity contribution is 6.38. The smallest absolute Gasteiger partial charge is 0.289 e. The van der Waals surface area contributed by atoms with Crippen LogP contribution in [0.3, 0.4) is 0 Å². The number of likely N-dealkylation sites (tertiary alicyclic amines) is 1. The van der Waals surface area contributed by atoms with Crippen LogP contribution in [-0.2, 0) is 33.6 Å². The molecule has 360 valence electrons. The molecule has 3 saturated heterocycles. The largest absolute Gasteiger partial charge is 0.350 e. The van der Waals surface area contributed by atoms with Crippen LogP contribution in [0.2, 0.25) is 0 Å². The lowest BCUT2D eigenvalue weighted by Crippen LogP contribution is -2.59. The molecule has 16 heteroatoms. The van der Waals surface area contributed by atoms with Crippen molar-refractivity contribution in [3.8, 4) is 12.3 Å². The minimum absolute atomic E-state index is 0.0533. The maximum Gasteiger partial charge on any atom is 0.289 e. The third-order valence-electron chi connectivity index (χ3n) is 11.2. The quantitative estimate of drug-likeness (QED) is 0.121. The van der Waals surface area contributed by atoms with Crippen molar-refractivity contribution in [2.75, 3.05) is 26.2 Å². The zero-order valence-corrected chi connectivity index (χ0v) is 40.7. The van der Waals surface area contributed by atoms with Crippen LogP contribution in [0.1, 0.15) is 158 Å². The standard InChI is InChI=1S/C22H33N5O4.C10H16N2O3.C6H12.C5H6N2.C3H8.C2H6/c1-6-9-27-19(30)16-8-7-10-26(16)22(27)11-15(2)25(13-22)20(31)18(21(3,4)5)24-17(29)12-23-14-28;1-2-3-8(11-6-13)9(14)10(15)12-7-4-5-7;1-2-4-6-5-3-1;1-5-4-6-2-3-7-5;1-3-2;1-2/h1,14-16,18H,7-13H2,2-5H3,(H,23,28)(H,24,29);6-8H,2-5H2,1H3,(H,11,13)(H,12,15);1-6H2;2-4H,1H3;3H2,1-2H3;1-2H3/t15-,16+,18?,22?;;;;;/m1...../s1. The maximum atomic E-state index is 13.6. The van der Waals surface area contributed by atoms with E-state index in [9.17, 15) is 33.6 Å². The Morgan fingerprint density at radius 2 is 1.58 bits per heavy atom. The van der Waals surface area contributed by atoms with Crippen LogP contribution < -0.4 is 21.3 Å². The van der Waals surface area contributed by atoms with Gasteiger partial charge in [0.1, 0.15) is 11.7 Å². The topological polar surface area (TPSA) is 203 Å². The molecule has 6 rings (SSSR count). The number of ketones is 1. The van der Waals surface area contributed by atoms with Gasteiger partial charge in [0.25, 0.3) is 5.91 Å². The van der Waals surface area contributed by atoms with E-state index in [1.165, 1.54) is 44.9 Å². The number of amides is 6. The first-order valence-corrected chi connectivity index (χ1v) is 23.6. The van der Waals surface area contributed by atoms with Crippen LogP contribution in [0.5, 0.6) is 0 Å². The number of Topliss-reactive ketones (excluding diaryl/α,β-unsaturated/α-hetero) is 1. The number of nitrogens with one attached hydrogen (secondary N) is 4. The molecule has 5 fully saturated rings. The minimum Gasteiger partial charge on any atom is -0.350 e. The summed E-state index contributed by atoms with van der Waals surface area (Å²) in [5.41, 5.74) is -0.170. The first-order valence-electron chi connectivity index (χ1n) is 23.6. The van der Waals surface area contributed by atoms with Gasteiger partial charge in [-0.15, -0.1) is 6.42 Å². The molecule has 64 heavy (non-hydrogen) atoms. The van der Waals surface area contributed by atoms with Crippen molar-refractivity contribution in [1.29, 1.82) is 0 Å². The number of hydrogen-bond acceptors (Lipinski definition) is 10. The van der Waals surface area contributed by atoms with E-state index in [-0.39, 0.29) is 43.0 Å². The Hall–Kier alpha value is -4.91. The van der Waals surface area contributed by atoms with Crippen molar-refractivity contribution in [3.63, 3.8) is 0 Å². The molecule has 1 spiro atoms. The minimum atomic E-state index is -0.765. The third kappa shape index (κ3) is 18.3. The summed E-state index contributed by atoms with van der Waals surface area (Å²) in [5, 5.41) is 10.1. The predicted molar refractivity (Wildman–Crippen MR) is 250 cm³/mol. The van der Waals surface area contributed by atoms with Gasteiger partial charge in [0.05, 0.1) is 37.4 Å². The van der Waals surface area contributed by atoms with Gasteiger partial charge in [0.2, 0.25) is 36.3 Å². The lowest BCUT2D eigenvalue weighted by atomic mass is 9.85. The van der Waals surface area contributed by atoms with Crippen molar-refractivity contribution < 1.29 is 33.6 Å². The first-order chi connectivity index (χ1) is 30.6. The summed E-state index contributed by atoms with van der Waals surface area (Å²) in [7, 11) is 0. The second-order valence-electron chi connectivity index (χ2n) is 17.8. The number of rotatable bonds is 13. The lowest BCUT2D eigenvalue weighted by Gasteiger charge is -2.40. The van der Waals surface area contributed by atoms with Gasteiger partial charge in [-0.2, -0.15) is 0 Å². The van der Waals surface area contributed by atoms with Crippen molar-refractivity contribution >= 4 is 42.2 Å². The van der Waals surface area contributed by atoms with Gasteiger partial charge in [-0.25, -0.2) is 0 Å². The number of aromatic nitrogens is 2. The molecule has 1 aromatic heterocycles. The summed E-state index contributed by atoms with van der Waals surface area (Å²) in [6, 6.07) is -1.55. The molecular weight excluding hydrogens is 815 g/mol. The fraction of sp³-hybridized carbons (Fsp3) is 0.729. The van der Waals surface area contributed by atoms with E-state index >= 15 is 0 Å². The van der Waals surface area contributed by atoms with Crippen LogP contribution in [0.4, 0.5) is 0 Å². The Morgan fingerprint density at radius 3 is 2.03 bits per heavy atom. The third-order valence-corrected chi connectivity index (χ3v) is 11.2. The molecular formula is C48H81N9O7. The Morgan fingerprint density at radius 1 is 0.969 bits per heavy atom. The van der Waals surface area contributed by atoms with E-state index in [1.807, 2.05) is 55.4 Å². The van der Waals surface area contributed by atoms with Crippen LogP contribution in [0.25, 0.3) is 0 Å². The Balaban J connectivity index is 0.000000506. The number of carbonyl (C=O) groups excluding carboxylic acids is 7. The number of nitrogens with zero attached hydrogens (tertiary/aromatic N) is 5. The molecule has 0 radical (unpaired) electrons. The molecule has 16 nitrogen and oxygen atoms in total. The highest BCUT2D eigenvalue weighted by atomic mass is 16.2. The molecule has 4 N–H and O–H groups in total. The highest BCUT2D eigenvalue weighted by Gasteiger charge is 2.62. The van der Waals surface area contributed by atoms with Crippen molar-refractivity contribution in [1.82, 2.24) is 45.9 Å². The van der Waals surface area contributed by atoms with Gasteiger partial charge < -0.3 is 31.1 Å². The van der Waals surface area contributed by atoms with E-state index in [2.05, 4.69) is 55.9 Å².